The number of aromatic nitrogens is 4. The number of hydrogen-bond donors (Lipinski definition) is 0. The number of piperazine rings is 1. The van der Waals surface area contributed by atoms with Crippen LogP contribution in [0, 0.1) is 19.8 Å². The zero-order chi connectivity index (χ0) is 22.1. The van der Waals surface area contributed by atoms with Crippen LogP contribution in [0.4, 0.5) is 11.5 Å². The summed E-state index contributed by atoms with van der Waals surface area (Å²) in [5, 5.41) is 0. The maximum absolute atomic E-state index is 13.3. The Bertz CT molecular complexity index is 1110. The lowest BCUT2D eigenvalue weighted by Gasteiger charge is -2.39. The summed E-state index contributed by atoms with van der Waals surface area (Å²) in [6, 6.07) is 8.02. The van der Waals surface area contributed by atoms with Gasteiger partial charge in [-0.3, -0.25) is 4.79 Å². The standard InChI is InChI=1S/C24H29N7O/c1-17-18(2)28-23-21(27-17)14-20(15-26-23)31-9-5-6-19(16-31)24(32)30-12-10-29(11-13-30)22-7-3-4-8-25-22/h3-4,7-8,14-15,19H,5-6,9-13,16H2,1-2H3. The average molecular weight is 432 g/mol. The monoisotopic (exact) mass is 431 g/mol. The van der Waals surface area contributed by atoms with E-state index in [0.29, 0.717) is 5.65 Å². The molecule has 32 heavy (non-hydrogen) atoms. The minimum Gasteiger partial charge on any atom is -0.369 e. The highest BCUT2D eigenvalue weighted by molar-refractivity contribution is 5.80. The van der Waals surface area contributed by atoms with Crippen molar-refractivity contribution < 1.29 is 4.79 Å². The number of nitrogens with zero attached hydrogens (tertiary/aromatic N) is 7. The van der Waals surface area contributed by atoms with Crippen LogP contribution in [-0.2, 0) is 4.79 Å². The molecule has 1 unspecified atom stereocenters. The number of aryl methyl sites for hydroxylation is 2. The summed E-state index contributed by atoms with van der Waals surface area (Å²) >= 11 is 0. The second kappa shape index (κ2) is 8.68. The van der Waals surface area contributed by atoms with E-state index in [4.69, 9.17) is 0 Å². The van der Waals surface area contributed by atoms with Crippen LogP contribution >= 0.6 is 0 Å². The number of piperidine rings is 1. The molecule has 0 spiro atoms. The van der Waals surface area contributed by atoms with Crippen LogP contribution in [0.5, 0.6) is 0 Å². The summed E-state index contributed by atoms with van der Waals surface area (Å²) in [6.07, 6.45) is 5.62. The fraction of sp³-hybridized carbons (Fsp3) is 0.458. The molecule has 1 amide bonds. The number of rotatable bonds is 3. The first-order chi connectivity index (χ1) is 15.6. The van der Waals surface area contributed by atoms with Crippen LogP contribution in [0.2, 0.25) is 0 Å². The van der Waals surface area contributed by atoms with Crippen molar-refractivity contribution in [3.05, 3.63) is 48.0 Å². The van der Waals surface area contributed by atoms with Gasteiger partial charge in [0.2, 0.25) is 5.91 Å². The van der Waals surface area contributed by atoms with Crippen molar-refractivity contribution in [2.75, 3.05) is 49.1 Å². The summed E-state index contributed by atoms with van der Waals surface area (Å²) in [5.74, 6) is 1.28. The zero-order valence-electron chi connectivity index (χ0n) is 18.7. The number of carbonyl (C=O) groups is 1. The lowest BCUT2D eigenvalue weighted by atomic mass is 9.95. The molecule has 5 heterocycles. The maximum Gasteiger partial charge on any atom is 0.227 e. The van der Waals surface area contributed by atoms with Crippen molar-refractivity contribution in [1.29, 1.82) is 0 Å². The molecule has 0 N–H and O–H groups in total. The minimum atomic E-state index is 0.0201. The third kappa shape index (κ3) is 4.09. The third-order valence-corrected chi connectivity index (χ3v) is 6.62. The summed E-state index contributed by atoms with van der Waals surface area (Å²) in [7, 11) is 0. The molecule has 2 aliphatic rings. The van der Waals surface area contributed by atoms with Gasteiger partial charge in [-0.15, -0.1) is 0 Å². The van der Waals surface area contributed by atoms with Crippen molar-refractivity contribution >= 4 is 28.6 Å². The van der Waals surface area contributed by atoms with Crippen LogP contribution in [0.25, 0.3) is 11.2 Å². The molecule has 8 heteroatoms. The third-order valence-electron chi connectivity index (χ3n) is 6.62. The maximum atomic E-state index is 13.3. The second-order valence-electron chi connectivity index (χ2n) is 8.72. The van der Waals surface area contributed by atoms with Gasteiger partial charge in [0.1, 0.15) is 11.3 Å². The van der Waals surface area contributed by atoms with E-state index in [1.807, 2.05) is 49.3 Å². The Morgan fingerprint density at radius 2 is 1.78 bits per heavy atom. The van der Waals surface area contributed by atoms with E-state index >= 15 is 0 Å². The summed E-state index contributed by atoms with van der Waals surface area (Å²) in [6.45, 7) is 8.73. The molecule has 2 saturated heterocycles. The number of hydrogen-bond acceptors (Lipinski definition) is 7. The smallest absolute Gasteiger partial charge is 0.227 e. The van der Waals surface area contributed by atoms with Gasteiger partial charge in [-0.25, -0.2) is 19.9 Å². The molecule has 3 aromatic rings. The van der Waals surface area contributed by atoms with Crippen LogP contribution in [0.15, 0.2) is 36.7 Å². The lowest BCUT2D eigenvalue weighted by molar-refractivity contribution is -0.136. The first-order valence-electron chi connectivity index (χ1n) is 11.4. The highest BCUT2D eigenvalue weighted by atomic mass is 16.2. The van der Waals surface area contributed by atoms with E-state index in [-0.39, 0.29) is 11.8 Å². The van der Waals surface area contributed by atoms with Gasteiger partial charge in [-0.05, 0) is 44.9 Å². The number of carbonyl (C=O) groups excluding carboxylic acids is 1. The number of fused-ring (bicyclic) bond motifs is 1. The molecular weight excluding hydrogens is 402 g/mol. The largest absolute Gasteiger partial charge is 0.369 e. The van der Waals surface area contributed by atoms with Crippen molar-refractivity contribution in [2.24, 2.45) is 5.92 Å². The van der Waals surface area contributed by atoms with Gasteiger partial charge >= 0.3 is 0 Å². The van der Waals surface area contributed by atoms with Gasteiger partial charge in [0.05, 0.1) is 29.2 Å². The Morgan fingerprint density at radius 3 is 2.56 bits per heavy atom. The van der Waals surface area contributed by atoms with Gasteiger partial charge in [0.15, 0.2) is 5.65 Å². The molecule has 3 aromatic heterocycles. The summed E-state index contributed by atoms with van der Waals surface area (Å²) in [4.78, 5) is 38.0. The van der Waals surface area contributed by atoms with E-state index in [1.54, 1.807) is 0 Å². The molecule has 0 saturated carbocycles. The van der Waals surface area contributed by atoms with E-state index in [9.17, 15) is 4.79 Å². The van der Waals surface area contributed by atoms with Crippen LogP contribution in [-0.4, -0.2) is 70.0 Å². The molecule has 0 radical (unpaired) electrons. The normalized spacial score (nSPS) is 19.4. The van der Waals surface area contributed by atoms with E-state index in [0.717, 1.165) is 80.5 Å². The molecule has 8 nitrogen and oxygen atoms in total. The predicted octanol–water partition coefficient (Wildman–Crippen LogP) is 2.60. The van der Waals surface area contributed by atoms with Crippen molar-refractivity contribution in [2.45, 2.75) is 26.7 Å². The average Bonchev–Trinajstić information content (AvgIpc) is 2.85. The fourth-order valence-electron chi connectivity index (χ4n) is 4.65. The molecule has 0 bridgehead atoms. The topological polar surface area (TPSA) is 78.4 Å². The summed E-state index contributed by atoms with van der Waals surface area (Å²) < 4.78 is 0. The first kappa shape index (κ1) is 20.6. The molecule has 166 valence electrons. The number of pyridine rings is 2. The van der Waals surface area contributed by atoms with E-state index in [2.05, 4.69) is 35.8 Å². The molecule has 0 aromatic carbocycles. The van der Waals surface area contributed by atoms with E-state index in [1.165, 1.54) is 0 Å². The number of amides is 1. The highest BCUT2D eigenvalue weighted by Crippen LogP contribution is 2.26. The van der Waals surface area contributed by atoms with Gasteiger partial charge in [-0.2, -0.15) is 0 Å². The highest BCUT2D eigenvalue weighted by Gasteiger charge is 2.31. The molecule has 2 aliphatic heterocycles. The number of anilines is 2. The zero-order valence-corrected chi connectivity index (χ0v) is 18.7. The van der Waals surface area contributed by atoms with Crippen molar-refractivity contribution in [1.82, 2.24) is 24.8 Å². The Kier molecular flexibility index (Phi) is 5.59. The molecule has 0 aliphatic carbocycles. The van der Waals surface area contributed by atoms with Gasteiger partial charge in [-0.1, -0.05) is 6.07 Å². The van der Waals surface area contributed by atoms with Crippen molar-refractivity contribution in [3.8, 4) is 0 Å². The van der Waals surface area contributed by atoms with E-state index < -0.39 is 0 Å². The van der Waals surface area contributed by atoms with Gasteiger partial charge in [0, 0.05) is 45.5 Å². The SMILES string of the molecule is Cc1nc2cc(N3CCCC(C(=O)N4CCN(c5ccccn5)CC4)C3)cnc2nc1C. The van der Waals surface area contributed by atoms with Crippen LogP contribution < -0.4 is 9.80 Å². The van der Waals surface area contributed by atoms with Crippen LogP contribution in [0.1, 0.15) is 24.2 Å². The van der Waals surface area contributed by atoms with Gasteiger partial charge < -0.3 is 14.7 Å². The Labute approximate surface area is 188 Å². The van der Waals surface area contributed by atoms with Crippen molar-refractivity contribution in [3.63, 3.8) is 0 Å². The molecule has 1 atom stereocenters. The van der Waals surface area contributed by atoms with Crippen LogP contribution in [0.3, 0.4) is 0 Å². The summed E-state index contributed by atoms with van der Waals surface area (Å²) in [5.41, 5.74) is 4.34. The molecular formula is C24H29N7O. The molecule has 2 fully saturated rings. The molecule has 5 rings (SSSR count). The lowest BCUT2D eigenvalue weighted by Crippen LogP contribution is -2.52. The fourth-order valence-corrected chi connectivity index (χ4v) is 4.65. The second-order valence-corrected chi connectivity index (χ2v) is 8.72. The first-order valence-corrected chi connectivity index (χ1v) is 11.4. The Hall–Kier alpha value is -3.29. The Balaban J connectivity index is 1.24. The Morgan fingerprint density at radius 1 is 0.969 bits per heavy atom. The van der Waals surface area contributed by atoms with Gasteiger partial charge in [0.25, 0.3) is 0 Å². The predicted molar refractivity (Wildman–Crippen MR) is 125 cm³/mol. The quantitative estimate of drug-likeness (QED) is 0.631. The minimum absolute atomic E-state index is 0.0201.